The van der Waals surface area contributed by atoms with Gasteiger partial charge in [0.15, 0.2) is 0 Å². The highest BCUT2D eigenvalue weighted by atomic mass is 16.2. The second kappa shape index (κ2) is 6.91. The molecule has 1 aromatic carbocycles. The van der Waals surface area contributed by atoms with E-state index in [1.165, 1.54) is 5.56 Å². The van der Waals surface area contributed by atoms with Crippen LogP contribution >= 0.6 is 0 Å². The van der Waals surface area contributed by atoms with Crippen LogP contribution in [0.25, 0.3) is 0 Å². The second-order valence-corrected chi connectivity index (χ2v) is 6.02. The van der Waals surface area contributed by atoms with E-state index in [4.69, 9.17) is 5.73 Å². The van der Waals surface area contributed by atoms with Crippen LogP contribution in [0.3, 0.4) is 0 Å². The largest absolute Gasteiger partial charge is 0.340 e. The number of aromatic nitrogens is 3. The Hall–Kier alpha value is -2.21. The molecule has 1 fully saturated rings. The van der Waals surface area contributed by atoms with Gasteiger partial charge in [-0.25, -0.2) is 4.68 Å². The van der Waals surface area contributed by atoms with E-state index in [9.17, 15) is 4.79 Å². The molecule has 0 saturated carbocycles. The molecule has 1 amide bonds. The lowest BCUT2D eigenvalue weighted by molar-refractivity contribution is -0.129. The summed E-state index contributed by atoms with van der Waals surface area (Å²) in [6.07, 6.45) is 4.27. The van der Waals surface area contributed by atoms with Gasteiger partial charge in [0.1, 0.15) is 0 Å². The molecule has 1 unspecified atom stereocenters. The van der Waals surface area contributed by atoms with Crippen molar-refractivity contribution in [2.45, 2.75) is 38.8 Å². The molecule has 23 heavy (non-hydrogen) atoms. The highest BCUT2D eigenvalue weighted by Gasteiger charge is 2.28. The van der Waals surface area contributed by atoms with Crippen LogP contribution in [0, 0.1) is 0 Å². The average Bonchev–Trinajstić information content (AvgIpc) is 3.24. The maximum absolute atomic E-state index is 12.5. The lowest BCUT2D eigenvalue weighted by Crippen LogP contribution is -2.30. The van der Waals surface area contributed by atoms with Crippen LogP contribution in [0.2, 0.25) is 0 Å². The SMILES string of the molecule is CCc1ccc(CC(=O)N2CCC(n3cc(CN)nn3)C2)cc1. The predicted molar refractivity (Wildman–Crippen MR) is 87.7 cm³/mol. The molecule has 0 aliphatic carbocycles. The number of carbonyl (C=O) groups is 1. The van der Waals surface area contributed by atoms with Gasteiger partial charge in [-0.3, -0.25) is 4.79 Å². The van der Waals surface area contributed by atoms with E-state index in [-0.39, 0.29) is 11.9 Å². The minimum Gasteiger partial charge on any atom is -0.340 e. The molecule has 1 aromatic heterocycles. The zero-order chi connectivity index (χ0) is 16.2. The highest BCUT2D eigenvalue weighted by molar-refractivity contribution is 5.79. The Morgan fingerprint density at radius 3 is 2.70 bits per heavy atom. The molecule has 1 saturated heterocycles. The smallest absolute Gasteiger partial charge is 0.227 e. The number of hydrogen-bond acceptors (Lipinski definition) is 4. The Kier molecular flexibility index (Phi) is 4.71. The molecule has 1 aliphatic heterocycles. The number of likely N-dealkylation sites (tertiary alicyclic amines) is 1. The van der Waals surface area contributed by atoms with Crippen molar-refractivity contribution in [1.29, 1.82) is 0 Å². The van der Waals surface area contributed by atoms with E-state index in [0.717, 1.165) is 30.6 Å². The van der Waals surface area contributed by atoms with Crippen LogP contribution < -0.4 is 5.73 Å². The van der Waals surface area contributed by atoms with Gasteiger partial charge < -0.3 is 10.6 Å². The van der Waals surface area contributed by atoms with Crippen molar-refractivity contribution in [3.63, 3.8) is 0 Å². The van der Waals surface area contributed by atoms with Crippen molar-refractivity contribution in [1.82, 2.24) is 19.9 Å². The van der Waals surface area contributed by atoms with Gasteiger partial charge in [0.05, 0.1) is 24.4 Å². The number of nitrogens with zero attached hydrogens (tertiary/aromatic N) is 4. The fraction of sp³-hybridized carbons (Fsp3) is 0.471. The third kappa shape index (κ3) is 3.59. The summed E-state index contributed by atoms with van der Waals surface area (Å²) in [5.74, 6) is 0.177. The van der Waals surface area contributed by atoms with Crippen LogP contribution in [0.1, 0.15) is 36.2 Å². The summed E-state index contributed by atoms with van der Waals surface area (Å²) in [6.45, 7) is 3.99. The summed E-state index contributed by atoms with van der Waals surface area (Å²) in [5, 5.41) is 8.13. The number of rotatable bonds is 5. The van der Waals surface area contributed by atoms with Crippen molar-refractivity contribution in [2.24, 2.45) is 5.73 Å². The van der Waals surface area contributed by atoms with Gasteiger partial charge in [0, 0.05) is 19.6 Å². The quantitative estimate of drug-likeness (QED) is 0.903. The molecular formula is C17H23N5O. The standard InChI is InChI=1S/C17H23N5O/c1-2-13-3-5-14(6-4-13)9-17(23)21-8-7-16(12-21)22-11-15(10-18)19-20-22/h3-6,11,16H,2,7-10,12,18H2,1H3. The number of hydrogen-bond donors (Lipinski definition) is 1. The maximum Gasteiger partial charge on any atom is 0.227 e. The number of benzene rings is 1. The fourth-order valence-electron chi connectivity index (χ4n) is 2.95. The van der Waals surface area contributed by atoms with Crippen molar-refractivity contribution in [3.8, 4) is 0 Å². The molecule has 1 aliphatic rings. The monoisotopic (exact) mass is 313 g/mol. The zero-order valence-electron chi connectivity index (χ0n) is 13.5. The molecule has 2 heterocycles. The van der Waals surface area contributed by atoms with E-state index in [1.807, 2.05) is 15.8 Å². The predicted octanol–water partition coefficient (Wildman–Crippen LogP) is 1.32. The van der Waals surface area contributed by atoms with E-state index in [2.05, 4.69) is 41.5 Å². The Morgan fingerprint density at radius 1 is 1.30 bits per heavy atom. The summed E-state index contributed by atoms with van der Waals surface area (Å²) in [4.78, 5) is 14.4. The Labute approximate surface area is 136 Å². The molecule has 2 N–H and O–H groups in total. The van der Waals surface area contributed by atoms with Gasteiger partial charge in [0.25, 0.3) is 0 Å². The summed E-state index contributed by atoms with van der Waals surface area (Å²) in [7, 11) is 0. The summed E-state index contributed by atoms with van der Waals surface area (Å²) >= 11 is 0. The molecule has 0 bridgehead atoms. The van der Waals surface area contributed by atoms with Gasteiger partial charge in [-0.2, -0.15) is 0 Å². The minimum atomic E-state index is 0.177. The van der Waals surface area contributed by atoms with Gasteiger partial charge in [-0.05, 0) is 24.0 Å². The van der Waals surface area contributed by atoms with E-state index in [1.54, 1.807) is 0 Å². The first-order valence-electron chi connectivity index (χ1n) is 8.16. The molecule has 6 nitrogen and oxygen atoms in total. The van der Waals surface area contributed by atoms with Crippen LogP contribution in [0.5, 0.6) is 0 Å². The third-order valence-electron chi connectivity index (χ3n) is 4.44. The van der Waals surface area contributed by atoms with Crippen molar-refractivity contribution in [3.05, 3.63) is 47.3 Å². The third-order valence-corrected chi connectivity index (χ3v) is 4.44. The van der Waals surface area contributed by atoms with Crippen LogP contribution in [0.4, 0.5) is 0 Å². The first-order chi connectivity index (χ1) is 11.2. The molecule has 3 rings (SSSR count). The summed E-state index contributed by atoms with van der Waals surface area (Å²) in [5.41, 5.74) is 8.71. The van der Waals surface area contributed by atoms with Gasteiger partial charge >= 0.3 is 0 Å². The van der Waals surface area contributed by atoms with Crippen LogP contribution in [-0.2, 0) is 24.2 Å². The molecule has 6 heteroatoms. The summed E-state index contributed by atoms with van der Waals surface area (Å²) < 4.78 is 1.84. The lowest BCUT2D eigenvalue weighted by Gasteiger charge is -2.16. The summed E-state index contributed by atoms with van der Waals surface area (Å²) in [6, 6.07) is 8.50. The van der Waals surface area contributed by atoms with Gasteiger partial charge in [-0.1, -0.05) is 36.4 Å². The van der Waals surface area contributed by atoms with Crippen molar-refractivity contribution < 1.29 is 4.79 Å². The zero-order valence-corrected chi connectivity index (χ0v) is 13.5. The molecule has 1 atom stereocenters. The molecule has 122 valence electrons. The van der Waals surface area contributed by atoms with Gasteiger partial charge in [0.2, 0.25) is 5.91 Å². The lowest BCUT2D eigenvalue weighted by atomic mass is 10.1. The molecule has 0 radical (unpaired) electrons. The first-order valence-corrected chi connectivity index (χ1v) is 8.16. The topological polar surface area (TPSA) is 77.0 Å². The maximum atomic E-state index is 12.5. The van der Waals surface area contributed by atoms with E-state index in [0.29, 0.717) is 19.5 Å². The average molecular weight is 313 g/mol. The van der Waals surface area contributed by atoms with Crippen LogP contribution in [0.15, 0.2) is 30.5 Å². The molecule has 0 spiro atoms. The number of amides is 1. The molecule has 2 aromatic rings. The highest BCUT2D eigenvalue weighted by Crippen LogP contribution is 2.21. The Morgan fingerprint density at radius 2 is 2.04 bits per heavy atom. The van der Waals surface area contributed by atoms with Crippen LogP contribution in [-0.4, -0.2) is 38.9 Å². The van der Waals surface area contributed by atoms with Crippen molar-refractivity contribution in [2.75, 3.05) is 13.1 Å². The first kappa shape index (κ1) is 15.7. The number of aryl methyl sites for hydroxylation is 1. The van der Waals surface area contributed by atoms with E-state index >= 15 is 0 Å². The number of carbonyl (C=O) groups excluding carboxylic acids is 1. The normalized spacial score (nSPS) is 17.7. The van der Waals surface area contributed by atoms with E-state index < -0.39 is 0 Å². The van der Waals surface area contributed by atoms with Gasteiger partial charge in [-0.15, -0.1) is 5.10 Å². The minimum absolute atomic E-state index is 0.177. The second-order valence-electron chi connectivity index (χ2n) is 6.02. The Balaban J connectivity index is 1.58. The van der Waals surface area contributed by atoms with Crippen molar-refractivity contribution >= 4 is 5.91 Å². The Bertz CT molecular complexity index is 664. The molecular weight excluding hydrogens is 290 g/mol. The fourth-order valence-corrected chi connectivity index (χ4v) is 2.95. The number of nitrogens with two attached hydrogens (primary N) is 1.